The van der Waals surface area contributed by atoms with E-state index in [1.165, 1.54) is 4.90 Å². The Kier molecular flexibility index (Phi) is 5.69. The Morgan fingerprint density at radius 2 is 1.59 bits per heavy atom. The van der Waals surface area contributed by atoms with Gasteiger partial charge < -0.3 is 4.90 Å². The predicted molar refractivity (Wildman–Crippen MR) is 104 cm³/mol. The number of hydrogen-bond donors (Lipinski definition) is 0. The van der Waals surface area contributed by atoms with Gasteiger partial charge in [0.2, 0.25) is 11.8 Å². The minimum absolute atomic E-state index is 0.0566. The summed E-state index contributed by atoms with van der Waals surface area (Å²) in [6.45, 7) is 4.64. The number of benzene rings is 2. The van der Waals surface area contributed by atoms with Crippen LogP contribution in [0.3, 0.4) is 0 Å². The zero-order valence-corrected chi connectivity index (χ0v) is 15.7. The van der Waals surface area contributed by atoms with Crippen molar-refractivity contribution in [2.24, 2.45) is 0 Å². The number of hydrogen-bond acceptors (Lipinski definition) is 3. The lowest BCUT2D eigenvalue weighted by atomic mass is 10.1. The van der Waals surface area contributed by atoms with Gasteiger partial charge in [-0.2, -0.15) is 0 Å². The largest absolute Gasteiger partial charge is 0.332 e. The van der Waals surface area contributed by atoms with Crippen LogP contribution in [0.25, 0.3) is 0 Å². The maximum absolute atomic E-state index is 13.1. The summed E-state index contributed by atoms with van der Waals surface area (Å²) in [6, 6.07) is 16.7. The van der Waals surface area contributed by atoms with Gasteiger partial charge in [0.15, 0.2) is 0 Å². The Balaban J connectivity index is 1.81. The highest BCUT2D eigenvalue weighted by molar-refractivity contribution is 6.19. The molecule has 1 aliphatic heterocycles. The van der Waals surface area contributed by atoms with Gasteiger partial charge in [0, 0.05) is 31.0 Å². The monoisotopic (exact) mass is 364 g/mol. The molecule has 1 saturated heterocycles. The van der Waals surface area contributed by atoms with E-state index in [0.717, 1.165) is 12.0 Å². The molecule has 0 saturated carbocycles. The Morgan fingerprint density at radius 1 is 1.00 bits per heavy atom. The lowest BCUT2D eigenvalue weighted by Crippen LogP contribution is -2.37. The summed E-state index contributed by atoms with van der Waals surface area (Å²) in [7, 11) is 0. The van der Waals surface area contributed by atoms with E-state index in [0.29, 0.717) is 17.8 Å². The second kappa shape index (κ2) is 8.16. The summed E-state index contributed by atoms with van der Waals surface area (Å²) in [5.41, 5.74) is 2.15. The fourth-order valence-electron chi connectivity index (χ4n) is 3.21. The SMILES string of the molecule is CCC(C)N(Cc1ccccc1)C(=O)c1ccc(N2C(=O)CCC2=O)cc1. The zero-order valence-electron chi connectivity index (χ0n) is 15.7. The Bertz CT molecular complexity index is 814. The summed E-state index contributed by atoms with van der Waals surface area (Å²) in [6.07, 6.45) is 1.35. The van der Waals surface area contributed by atoms with E-state index in [1.807, 2.05) is 42.2 Å². The fourth-order valence-corrected chi connectivity index (χ4v) is 3.21. The average Bonchev–Trinajstić information content (AvgIpc) is 3.04. The Labute approximate surface area is 159 Å². The normalized spacial score (nSPS) is 15.1. The zero-order chi connectivity index (χ0) is 19.4. The number of amides is 3. The average molecular weight is 364 g/mol. The van der Waals surface area contributed by atoms with Gasteiger partial charge in [-0.3, -0.25) is 19.3 Å². The summed E-state index contributed by atoms with van der Waals surface area (Å²) < 4.78 is 0. The molecule has 0 radical (unpaired) electrons. The van der Waals surface area contributed by atoms with E-state index in [-0.39, 0.29) is 36.6 Å². The van der Waals surface area contributed by atoms with Crippen LogP contribution in [0.1, 0.15) is 49.0 Å². The molecule has 3 amide bonds. The molecule has 0 N–H and O–H groups in total. The molecule has 0 aliphatic carbocycles. The van der Waals surface area contributed by atoms with Crippen LogP contribution in [-0.2, 0) is 16.1 Å². The second-order valence-electron chi connectivity index (χ2n) is 6.85. The third-order valence-corrected chi connectivity index (χ3v) is 5.00. The Hall–Kier alpha value is -2.95. The highest BCUT2D eigenvalue weighted by atomic mass is 16.2. The minimum Gasteiger partial charge on any atom is -0.332 e. The van der Waals surface area contributed by atoms with Gasteiger partial charge >= 0.3 is 0 Å². The van der Waals surface area contributed by atoms with Gasteiger partial charge in [0.1, 0.15) is 0 Å². The van der Waals surface area contributed by atoms with Gasteiger partial charge in [-0.15, -0.1) is 0 Å². The maximum atomic E-state index is 13.1. The third kappa shape index (κ3) is 4.08. The molecular weight excluding hydrogens is 340 g/mol. The smallest absolute Gasteiger partial charge is 0.254 e. The van der Waals surface area contributed by atoms with Gasteiger partial charge in [0.25, 0.3) is 5.91 Å². The van der Waals surface area contributed by atoms with Crippen LogP contribution in [0.2, 0.25) is 0 Å². The number of carbonyl (C=O) groups excluding carboxylic acids is 3. The number of rotatable bonds is 6. The van der Waals surface area contributed by atoms with Crippen molar-refractivity contribution in [1.82, 2.24) is 4.90 Å². The maximum Gasteiger partial charge on any atom is 0.254 e. The van der Waals surface area contributed by atoms with E-state index in [1.54, 1.807) is 24.3 Å². The van der Waals surface area contributed by atoms with E-state index in [2.05, 4.69) is 6.92 Å². The molecule has 1 heterocycles. The molecule has 3 rings (SSSR count). The van der Waals surface area contributed by atoms with Gasteiger partial charge in [-0.1, -0.05) is 37.3 Å². The van der Waals surface area contributed by atoms with Gasteiger partial charge in [-0.05, 0) is 43.2 Å². The van der Waals surface area contributed by atoms with Crippen LogP contribution in [-0.4, -0.2) is 28.7 Å². The molecule has 0 spiro atoms. The van der Waals surface area contributed by atoms with E-state index in [4.69, 9.17) is 0 Å². The number of imide groups is 1. The molecule has 27 heavy (non-hydrogen) atoms. The Morgan fingerprint density at radius 3 is 2.15 bits per heavy atom. The second-order valence-corrected chi connectivity index (χ2v) is 6.85. The molecule has 0 bridgehead atoms. The highest BCUT2D eigenvalue weighted by Crippen LogP contribution is 2.24. The fraction of sp³-hybridized carbons (Fsp3) is 0.318. The molecular formula is C22H24N2O3. The van der Waals surface area contributed by atoms with Crippen LogP contribution < -0.4 is 4.90 Å². The molecule has 2 aromatic carbocycles. The first-order valence-electron chi connectivity index (χ1n) is 9.32. The van der Waals surface area contributed by atoms with E-state index in [9.17, 15) is 14.4 Å². The lowest BCUT2D eigenvalue weighted by molar-refractivity contribution is -0.121. The van der Waals surface area contributed by atoms with Crippen molar-refractivity contribution >= 4 is 23.4 Å². The molecule has 5 nitrogen and oxygen atoms in total. The van der Waals surface area contributed by atoms with Crippen molar-refractivity contribution in [3.63, 3.8) is 0 Å². The highest BCUT2D eigenvalue weighted by Gasteiger charge is 2.30. The van der Waals surface area contributed by atoms with Crippen LogP contribution in [0.15, 0.2) is 54.6 Å². The summed E-state index contributed by atoms with van der Waals surface area (Å²) >= 11 is 0. The van der Waals surface area contributed by atoms with E-state index >= 15 is 0 Å². The first-order valence-corrected chi connectivity index (χ1v) is 9.32. The first kappa shape index (κ1) is 18.8. The molecule has 1 fully saturated rings. The summed E-state index contributed by atoms with van der Waals surface area (Å²) in [4.78, 5) is 39.9. The van der Waals surface area contributed by atoms with Crippen molar-refractivity contribution in [3.8, 4) is 0 Å². The van der Waals surface area contributed by atoms with Crippen molar-refractivity contribution in [1.29, 1.82) is 0 Å². The summed E-state index contributed by atoms with van der Waals surface area (Å²) in [5.74, 6) is -0.437. The molecule has 1 unspecified atom stereocenters. The molecule has 1 atom stereocenters. The summed E-state index contributed by atoms with van der Waals surface area (Å²) in [5, 5.41) is 0. The van der Waals surface area contributed by atoms with Crippen LogP contribution in [0, 0.1) is 0 Å². The van der Waals surface area contributed by atoms with Crippen molar-refractivity contribution in [3.05, 3.63) is 65.7 Å². The van der Waals surface area contributed by atoms with Crippen molar-refractivity contribution < 1.29 is 14.4 Å². The lowest BCUT2D eigenvalue weighted by Gasteiger charge is -2.29. The minimum atomic E-state index is -0.190. The van der Waals surface area contributed by atoms with Gasteiger partial charge in [-0.25, -0.2) is 0 Å². The molecule has 0 aromatic heterocycles. The molecule has 1 aliphatic rings. The third-order valence-electron chi connectivity index (χ3n) is 5.00. The van der Waals surface area contributed by atoms with Crippen LogP contribution >= 0.6 is 0 Å². The topological polar surface area (TPSA) is 57.7 Å². The quantitative estimate of drug-likeness (QED) is 0.733. The van der Waals surface area contributed by atoms with Gasteiger partial charge in [0.05, 0.1) is 5.69 Å². The number of carbonyl (C=O) groups is 3. The van der Waals surface area contributed by atoms with Crippen LogP contribution in [0.4, 0.5) is 5.69 Å². The molecule has 5 heteroatoms. The first-order chi connectivity index (χ1) is 13.0. The standard InChI is InChI=1S/C22H24N2O3/c1-3-16(2)23(15-17-7-5-4-6-8-17)22(27)18-9-11-19(12-10-18)24-20(25)13-14-21(24)26/h4-12,16H,3,13-15H2,1-2H3. The predicted octanol–water partition coefficient (Wildman–Crippen LogP) is 3.78. The number of nitrogens with zero attached hydrogens (tertiary/aromatic N) is 2. The van der Waals surface area contributed by atoms with E-state index < -0.39 is 0 Å². The van der Waals surface area contributed by atoms with Crippen molar-refractivity contribution in [2.75, 3.05) is 4.90 Å². The molecule has 2 aromatic rings. The van der Waals surface area contributed by atoms with Crippen LogP contribution in [0.5, 0.6) is 0 Å². The number of anilines is 1. The van der Waals surface area contributed by atoms with Crippen molar-refractivity contribution in [2.45, 2.75) is 45.7 Å². The molecule has 140 valence electrons.